The van der Waals surface area contributed by atoms with E-state index in [0.29, 0.717) is 6.61 Å². The molecule has 0 bridgehead atoms. The fraction of sp³-hybridized carbons (Fsp3) is 0.0645. The van der Waals surface area contributed by atoms with Crippen molar-refractivity contribution in [2.24, 2.45) is 0 Å². The Morgan fingerprint density at radius 2 is 1.03 bits per heavy atom. The second kappa shape index (κ2) is 9.63. The van der Waals surface area contributed by atoms with E-state index < -0.39 is 7.11 Å². The quantitative estimate of drug-likeness (QED) is 0.277. The van der Waals surface area contributed by atoms with Crippen molar-refractivity contribution in [2.45, 2.75) is 6.92 Å². The highest BCUT2D eigenvalue weighted by atomic mass is 31.2. The summed E-state index contributed by atoms with van der Waals surface area (Å²) in [5.74, 6) is 0. The van der Waals surface area contributed by atoms with Crippen molar-refractivity contribution in [1.82, 2.24) is 0 Å². The molecule has 0 saturated heterocycles. The van der Waals surface area contributed by atoms with Crippen molar-refractivity contribution in [3.8, 4) is 0 Å². The third-order valence-electron chi connectivity index (χ3n) is 5.95. The molecule has 2 heteroatoms. The lowest BCUT2D eigenvalue weighted by Crippen LogP contribution is -2.19. The molecule has 1 unspecified atom stereocenters. The molecule has 0 aromatic heterocycles. The topological polar surface area (TPSA) is 9.23 Å². The average molecular weight is 447 g/mol. The maximum absolute atomic E-state index is 6.94. The van der Waals surface area contributed by atoms with Gasteiger partial charge in [-0.3, -0.25) is 0 Å². The highest BCUT2D eigenvalue weighted by Crippen LogP contribution is 2.64. The second-order valence-electron chi connectivity index (χ2n) is 7.98. The third-order valence-corrected chi connectivity index (χ3v) is 9.75. The van der Waals surface area contributed by atoms with Gasteiger partial charge in [-0.25, -0.2) is 0 Å². The van der Waals surface area contributed by atoms with Crippen LogP contribution in [-0.4, -0.2) is 11.9 Å². The lowest BCUT2D eigenvalue weighted by molar-refractivity contribution is 0.385. The van der Waals surface area contributed by atoms with Crippen LogP contribution in [0.4, 0.5) is 0 Å². The van der Waals surface area contributed by atoms with Gasteiger partial charge >= 0.3 is 0 Å². The van der Waals surface area contributed by atoms with Crippen molar-refractivity contribution in [2.75, 3.05) is 6.61 Å². The molecular weight excluding hydrogens is 419 g/mol. The Hall–Kier alpha value is -3.38. The van der Waals surface area contributed by atoms with Crippen LogP contribution in [0.2, 0.25) is 0 Å². The third kappa shape index (κ3) is 4.07. The first-order valence-corrected chi connectivity index (χ1v) is 13.1. The summed E-state index contributed by atoms with van der Waals surface area (Å²) in [7, 11) is -2.36. The molecule has 0 N–H and O–H groups in total. The van der Waals surface area contributed by atoms with E-state index in [1.54, 1.807) is 0 Å². The molecular formula is C31H27OP. The minimum absolute atomic E-state index is 0.637. The van der Waals surface area contributed by atoms with Gasteiger partial charge in [-0.15, -0.1) is 0 Å². The first-order chi connectivity index (χ1) is 16.3. The Balaban J connectivity index is 1.94. The van der Waals surface area contributed by atoms with Gasteiger partial charge in [0.1, 0.15) is 0 Å². The summed E-state index contributed by atoms with van der Waals surface area (Å²) in [6.45, 7) is 2.74. The SMILES string of the molecule is CCOP1(c2ccccc2)=C(c2ccccc2)C=C(c2ccccc2)C=C1c1ccccc1. The summed E-state index contributed by atoms with van der Waals surface area (Å²) in [6.07, 6.45) is 4.71. The molecule has 0 saturated carbocycles. The van der Waals surface area contributed by atoms with Crippen LogP contribution in [0.1, 0.15) is 23.6 Å². The normalized spacial score (nSPS) is 17.9. The van der Waals surface area contributed by atoms with Crippen molar-refractivity contribution < 1.29 is 4.52 Å². The molecule has 0 radical (unpaired) electrons. The van der Waals surface area contributed by atoms with E-state index in [1.807, 2.05) is 0 Å². The molecule has 5 rings (SSSR count). The molecule has 1 heterocycles. The van der Waals surface area contributed by atoms with Gasteiger partial charge in [0.25, 0.3) is 0 Å². The van der Waals surface area contributed by atoms with Gasteiger partial charge in [0.05, 0.1) is 7.11 Å². The number of benzene rings is 4. The fourth-order valence-electron chi connectivity index (χ4n) is 4.52. The zero-order valence-corrected chi connectivity index (χ0v) is 19.7. The van der Waals surface area contributed by atoms with Crippen LogP contribution in [0.25, 0.3) is 10.9 Å². The van der Waals surface area contributed by atoms with Crippen LogP contribution in [0.15, 0.2) is 133 Å². The molecule has 162 valence electrons. The monoisotopic (exact) mass is 446 g/mol. The van der Waals surface area contributed by atoms with Crippen LogP contribution in [0, 0.1) is 0 Å². The first-order valence-electron chi connectivity index (χ1n) is 11.4. The Labute approximate surface area is 196 Å². The van der Waals surface area contributed by atoms with E-state index in [4.69, 9.17) is 4.52 Å². The van der Waals surface area contributed by atoms with E-state index in [-0.39, 0.29) is 0 Å². The van der Waals surface area contributed by atoms with Gasteiger partial charge < -0.3 is 4.52 Å². The van der Waals surface area contributed by atoms with Crippen molar-refractivity contribution >= 4 is 28.6 Å². The Bertz CT molecular complexity index is 1330. The number of hydrogen-bond donors (Lipinski definition) is 0. The zero-order valence-electron chi connectivity index (χ0n) is 18.8. The predicted molar refractivity (Wildman–Crippen MR) is 144 cm³/mol. The molecule has 0 aliphatic carbocycles. The van der Waals surface area contributed by atoms with Gasteiger partial charge in [0.15, 0.2) is 0 Å². The lowest BCUT2D eigenvalue weighted by atomic mass is 10.0. The van der Waals surface area contributed by atoms with E-state index in [2.05, 4.69) is 140 Å². The summed E-state index contributed by atoms with van der Waals surface area (Å²) < 4.78 is 6.94. The van der Waals surface area contributed by atoms with Gasteiger partial charge in [-0.2, -0.15) is 0 Å². The highest BCUT2D eigenvalue weighted by Gasteiger charge is 2.34. The minimum atomic E-state index is -2.36. The maximum Gasteiger partial charge on any atom is 0.0716 e. The van der Waals surface area contributed by atoms with Crippen LogP contribution < -0.4 is 5.30 Å². The zero-order chi connectivity index (χ0) is 22.5. The Kier molecular flexibility index (Phi) is 6.26. The molecule has 0 amide bonds. The molecule has 0 fully saturated rings. The molecule has 33 heavy (non-hydrogen) atoms. The molecule has 4 aromatic rings. The summed E-state index contributed by atoms with van der Waals surface area (Å²) >= 11 is 0. The molecule has 1 nitrogen and oxygen atoms in total. The molecule has 0 spiro atoms. The maximum atomic E-state index is 6.94. The van der Waals surface area contributed by atoms with Crippen LogP contribution >= 0.6 is 7.11 Å². The van der Waals surface area contributed by atoms with Crippen molar-refractivity contribution in [3.63, 3.8) is 0 Å². The summed E-state index contributed by atoms with van der Waals surface area (Å²) in [6, 6.07) is 42.9. The van der Waals surface area contributed by atoms with Crippen molar-refractivity contribution in [1.29, 1.82) is 0 Å². The molecule has 1 aliphatic rings. The standard InChI is InChI=1S/C31H27OP/c1-2-32-33(29-21-13-6-14-22-29)30(26-17-9-4-10-18-26)23-28(25-15-7-3-8-16-25)24-31(33)27-19-11-5-12-20-27/h3-24H,2H2,1H3. The van der Waals surface area contributed by atoms with Gasteiger partial charge in [0, 0.05) is 22.5 Å². The Morgan fingerprint density at radius 1 is 0.545 bits per heavy atom. The second-order valence-corrected chi connectivity index (χ2v) is 10.9. The summed E-state index contributed by atoms with van der Waals surface area (Å²) in [4.78, 5) is 0. The number of allylic oxidation sites excluding steroid dienone is 3. The highest BCUT2D eigenvalue weighted by molar-refractivity contribution is 7.88. The number of rotatable bonds is 6. The Morgan fingerprint density at radius 3 is 1.58 bits per heavy atom. The average Bonchev–Trinajstić information content (AvgIpc) is 2.91. The largest absolute Gasteiger partial charge is 0.352 e. The predicted octanol–water partition coefficient (Wildman–Crippen LogP) is 7.64. The smallest absolute Gasteiger partial charge is 0.0716 e. The molecule has 1 atom stereocenters. The van der Waals surface area contributed by atoms with Gasteiger partial charge in [-0.05, 0) is 41.3 Å². The van der Waals surface area contributed by atoms with Gasteiger partial charge in [0.2, 0.25) is 0 Å². The lowest BCUT2D eigenvalue weighted by Gasteiger charge is -2.36. The van der Waals surface area contributed by atoms with Crippen molar-refractivity contribution in [3.05, 3.63) is 150 Å². The van der Waals surface area contributed by atoms with Crippen LogP contribution in [-0.2, 0) is 4.52 Å². The number of hydrogen-bond acceptors (Lipinski definition) is 1. The van der Waals surface area contributed by atoms with Crippen LogP contribution in [0.5, 0.6) is 0 Å². The minimum Gasteiger partial charge on any atom is -0.352 e. The summed E-state index contributed by atoms with van der Waals surface area (Å²) in [5.41, 5.74) is 4.83. The van der Waals surface area contributed by atoms with E-state index in [0.717, 1.165) is 0 Å². The molecule has 4 aromatic carbocycles. The van der Waals surface area contributed by atoms with Crippen LogP contribution in [0.3, 0.4) is 0 Å². The fourth-order valence-corrected chi connectivity index (χ4v) is 8.41. The van der Waals surface area contributed by atoms with E-state index in [1.165, 1.54) is 38.2 Å². The molecule has 1 aliphatic heterocycles. The van der Waals surface area contributed by atoms with E-state index in [9.17, 15) is 0 Å². The first kappa shape index (κ1) is 21.5. The van der Waals surface area contributed by atoms with E-state index >= 15 is 0 Å². The summed E-state index contributed by atoms with van der Waals surface area (Å²) in [5, 5.41) is 3.76. The van der Waals surface area contributed by atoms with Gasteiger partial charge in [-0.1, -0.05) is 121 Å².